The second-order valence-corrected chi connectivity index (χ2v) is 9.42. The van der Waals surface area contributed by atoms with Gasteiger partial charge in [-0.25, -0.2) is 0 Å². The molecule has 1 aliphatic carbocycles. The van der Waals surface area contributed by atoms with E-state index in [1.807, 2.05) is 13.1 Å². The maximum atomic E-state index is 5.95. The molecule has 1 saturated carbocycles. The first-order valence-corrected chi connectivity index (χ1v) is 11.6. The number of ether oxygens (including phenoxy) is 4. The zero-order valence-corrected chi connectivity index (χ0v) is 20.0. The van der Waals surface area contributed by atoms with Crippen LogP contribution in [-0.4, -0.2) is 83.7 Å². The van der Waals surface area contributed by atoms with Gasteiger partial charge < -0.3 is 29.6 Å². The Kier molecular flexibility index (Phi) is 7.12. The van der Waals surface area contributed by atoms with Crippen LogP contribution in [0.3, 0.4) is 0 Å². The Morgan fingerprint density at radius 3 is 2.62 bits per heavy atom. The Balaban J connectivity index is 1.47. The number of aliphatic imine (C=N–C) groups is 1. The summed E-state index contributed by atoms with van der Waals surface area (Å²) in [4.78, 5) is 6.98. The van der Waals surface area contributed by atoms with Gasteiger partial charge in [0.15, 0.2) is 17.5 Å². The third kappa shape index (κ3) is 4.40. The molecule has 2 saturated heterocycles. The van der Waals surface area contributed by atoms with Gasteiger partial charge in [-0.15, -0.1) is 0 Å². The SMILES string of the molecule is CN=C(NCC(c1ccc(OC)c(OC)c1)N1CCOCC1)NC1C2CCOC2C1(C)C. The second kappa shape index (κ2) is 9.85. The van der Waals surface area contributed by atoms with Crippen molar-refractivity contribution in [2.24, 2.45) is 16.3 Å². The predicted molar refractivity (Wildman–Crippen MR) is 125 cm³/mol. The second-order valence-electron chi connectivity index (χ2n) is 9.42. The summed E-state index contributed by atoms with van der Waals surface area (Å²) >= 11 is 0. The molecule has 4 rings (SSSR count). The van der Waals surface area contributed by atoms with Crippen LogP contribution in [0.15, 0.2) is 23.2 Å². The van der Waals surface area contributed by atoms with Crippen molar-refractivity contribution in [1.82, 2.24) is 15.5 Å². The molecule has 4 atom stereocenters. The van der Waals surface area contributed by atoms with E-state index in [4.69, 9.17) is 18.9 Å². The maximum Gasteiger partial charge on any atom is 0.191 e. The lowest BCUT2D eigenvalue weighted by Gasteiger charge is -2.55. The smallest absolute Gasteiger partial charge is 0.191 e. The van der Waals surface area contributed by atoms with Gasteiger partial charge in [-0.1, -0.05) is 19.9 Å². The Labute approximate surface area is 191 Å². The number of morpholine rings is 1. The maximum absolute atomic E-state index is 5.95. The van der Waals surface area contributed by atoms with Crippen molar-refractivity contribution in [3.63, 3.8) is 0 Å². The van der Waals surface area contributed by atoms with Crippen LogP contribution >= 0.6 is 0 Å². The minimum absolute atomic E-state index is 0.103. The molecule has 0 spiro atoms. The third-order valence-electron chi connectivity index (χ3n) is 7.36. The lowest BCUT2D eigenvalue weighted by Crippen LogP contribution is -2.68. The number of nitrogens with one attached hydrogen (secondary N) is 2. The highest BCUT2D eigenvalue weighted by Crippen LogP contribution is 2.52. The Morgan fingerprint density at radius 2 is 1.94 bits per heavy atom. The minimum atomic E-state index is 0.103. The summed E-state index contributed by atoms with van der Waals surface area (Å²) in [7, 11) is 5.18. The minimum Gasteiger partial charge on any atom is -0.493 e. The molecule has 4 unspecified atom stereocenters. The highest BCUT2D eigenvalue weighted by Gasteiger charge is 2.59. The van der Waals surface area contributed by atoms with Gasteiger partial charge in [0.25, 0.3) is 0 Å². The van der Waals surface area contributed by atoms with Gasteiger partial charge in [-0.3, -0.25) is 9.89 Å². The highest BCUT2D eigenvalue weighted by atomic mass is 16.5. The summed E-state index contributed by atoms with van der Waals surface area (Å²) in [5, 5.41) is 7.28. The van der Waals surface area contributed by atoms with E-state index in [9.17, 15) is 0 Å². The molecule has 2 aliphatic heterocycles. The fourth-order valence-electron chi connectivity index (χ4n) is 5.56. The number of nitrogens with zero attached hydrogens (tertiary/aromatic N) is 2. The van der Waals surface area contributed by atoms with Gasteiger partial charge in [-0.2, -0.15) is 0 Å². The Bertz CT molecular complexity index is 809. The molecule has 178 valence electrons. The number of methoxy groups -OCH3 is 2. The van der Waals surface area contributed by atoms with E-state index in [1.54, 1.807) is 14.2 Å². The van der Waals surface area contributed by atoms with Crippen molar-refractivity contribution < 1.29 is 18.9 Å². The predicted octanol–water partition coefficient (Wildman–Crippen LogP) is 2.06. The van der Waals surface area contributed by atoms with Crippen LogP contribution in [0.5, 0.6) is 11.5 Å². The first-order valence-electron chi connectivity index (χ1n) is 11.6. The van der Waals surface area contributed by atoms with Crippen molar-refractivity contribution in [2.45, 2.75) is 38.5 Å². The van der Waals surface area contributed by atoms with Gasteiger partial charge in [-0.05, 0) is 24.1 Å². The number of hydrogen-bond acceptors (Lipinski definition) is 6. The van der Waals surface area contributed by atoms with E-state index in [0.717, 1.165) is 63.3 Å². The molecule has 0 amide bonds. The van der Waals surface area contributed by atoms with Crippen LogP contribution in [-0.2, 0) is 9.47 Å². The quantitative estimate of drug-likeness (QED) is 0.490. The van der Waals surface area contributed by atoms with Gasteiger partial charge in [0.05, 0.1) is 39.6 Å². The number of guanidine groups is 1. The van der Waals surface area contributed by atoms with Crippen LogP contribution < -0.4 is 20.1 Å². The normalized spacial score (nSPS) is 28.4. The summed E-state index contributed by atoms with van der Waals surface area (Å²) in [5.41, 5.74) is 1.28. The summed E-state index contributed by atoms with van der Waals surface area (Å²) in [5.74, 6) is 2.88. The van der Waals surface area contributed by atoms with Crippen molar-refractivity contribution in [3.8, 4) is 11.5 Å². The first-order chi connectivity index (χ1) is 15.5. The Hall–Kier alpha value is -2.03. The lowest BCUT2D eigenvalue weighted by molar-refractivity contribution is -0.106. The number of fused-ring (bicyclic) bond motifs is 1. The molecule has 3 fully saturated rings. The van der Waals surface area contributed by atoms with Crippen molar-refractivity contribution in [1.29, 1.82) is 0 Å². The summed E-state index contributed by atoms with van der Waals surface area (Å²) in [6.07, 6.45) is 1.47. The van der Waals surface area contributed by atoms with Crippen LogP contribution in [0.25, 0.3) is 0 Å². The van der Waals surface area contributed by atoms with E-state index in [2.05, 4.69) is 46.5 Å². The Morgan fingerprint density at radius 1 is 1.19 bits per heavy atom. The zero-order chi connectivity index (χ0) is 22.7. The van der Waals surface area contributed by atoms with Crippen molar-refractivity contribution >= 4 is 5.96 Å². The van der Waals surface area contributed by atoms with Gasteiger partial charge in [0.2, 0.25) is 0 Å². The number of rotatable bonds is 7. The topological polar surface area (TPSA) is 76.6 Å². The average Bonchev–Trinajstić information content (AvgIpc) is 3.29. The fraction of sp³-hybridized carbons (Fsp3) is 0.708. The molecule has 3 aliphatic rings. The standard InChI is InChI=1S/C24H38N4O4/c1-24(2)21(17-8-11-32-22(17)24)27-23(25-3)26-15-18(28-9-12-31-13-10-28)16-6-7-19(29-4)20(14-16)30-5/h6-7,14,17-18,21-22H,8-13,15H2,1-5H3,(H2,25,26,27). The van der Waals surface area contributed by atoms with E-state index < -0.39 is 0 Å². The zero-order valence-electron chi connectivity index (χ0n) is 20.0. The summed E-state index contributed by atoms with van der Waals surface area (Å²) in [6, 6.07) is 6.70. The van der Waals surface area contributed by atoms with Crippen LogP contribution in [0.1, 0.15) is 31.9 Å². The van der Waals surface area contributed by atoms with Gasteiger partial charge in [0.1, 0.15) is 0 Å². The first kappa shape index (κ1) is 23.1. The molecular formula is C24H38N4O4. The molecule has 1 aromatic carbocycles. The van der Waals surface area contributed by atoms with E-state index >= 15 is 0 Å². The lowest BCUT2D eigenvalue weighted by atomic mass is 9.57. The third-order valence-corrected chi connectivity index (χ3v) is 7.36. The molecule has 2 heterocycles. The molecular weight excluding hydrogens is 408 g/mol. The van der Waals surface area contributed by atoms with Crippen molar-refractivity contribution in [3.05, 3.63) is 23.8 Å². The molecule has 2 N–H and O–H groups in total. The molecule has 1 aromatic rings. The van der Waals surface area contributed by atoms with E-state index in [1.165, 1.54) is 5.56 Å². The molecule has 32 heavy (non-hydrogen) atoms. The number of benzene rings is 1. The monoisotopic (exact) mass is 446 g/mol. The van der Waals surface area contributed by atoms with E-state index in [0.29, 0.717) is 18.1 Å². The van der Waals surface area contributed by atoms with Gasteiger partial charge >= 0.3 is 0 Å². The largest absolute Gasteiger partial charge is 0.493 e. The molecule has 8 heteroatoms. The van der Waals surface area contributed by atoms with Crippen molar-refractivity contribution in [2.75, 3.05) is 60.7 Å². The fourth-order valence-corrected chi connectivity index (χ4v) is 5.56. The van der Waals surface area contributed by atoms with Crippen LogP contribution in [0.2, 0.25) is 0 Å². The summed E-state index contributed by atoms with van der Waals surface area (Å²) < 4.78 is 22.5. The number of hydrogen-bond donors (Lipinski definition) is 2. The molecule has 0 radical (unpaired) electrons. The van der Waals surface area contributed by atoms with Crippen LogP contribution in [0, 0.1) is 11.3 Å². The average molecular weight is 447 g/mol. The summed E-state index contributed by atoms with van der Waals surface area (Å²) in [6.45, 7) is 9.43. The van der Waals surface area contributed by atoms with Gasteiger partial charge in [0, 0.05) is 50.7 Å². The molecule has 0 aromatic heterocycles. The van der Waals surface area contributed by atoms with Crippen LogP contribution in [0.4, 0.5) is 0 Å². The highest BCUT2D eigenvalue weighted by molar-refractivity contribution is 5.80. The molecule has 8 nitrogen and oxygen atoms in total. The van der Waals surface area contributed by atoms with E-state index in [-0.39, 0.29) is 11.5 Å². The molecule has 0 bridgehead atoms.